The number of carboxylic acid groups (broad SMARTS) is 1. The smallest absolute Gasteiger partial charge is 0.405 e. The lowest BCUT2D eigenvalue weighted by Crippen LogP contribution is -2.46. The number of ketones is 1. The van der Waals surface area contributed by atoms with Crippen molar-refractivity contribution in [3.63, 3.8) is 0 Å². The molecule has 0 radical (unpaired) electrons. The Balaban J connectivity index is 1.61. The zero-order valence-electron chi connectivity index (χ0n) is 10.5. The molecule has 0 spiro atoms. The second-order valence-electron chi connectivity index (χ2n) is 6.21. The summed E-state index contributed by atoms with van der Waals surface area (Å²) in [6.45, 7) is 2.15. The van der Waals surface area contributed by atoms with Crippen molar-refractivity contribution in [2.45, 2.75) is 44.2 Å². The maximum Gasteiger partial charge on any atom is 0.405 e. The summed E-state index contributed by atoms with van der Waals surface area (Å²) in [5.74, 6) is 2.09. The number of carbonyl (C=O) groups is 2. The largest absolute Gasteiger partial charge is 0.465 e. The number of rotatable bonds is 5. The van der Waals surface area contributed by atoms with Crippen molar-refractivity contribution < 1.29 is 19.4 Å². The highest BCUT2D eigenvalue weighted by molar-refractivity contribution is 5.95. The van der Waals surface area contributed by atoms with E-state index in [2.05, 4.69) is 5.32 Å². The highest BCUT2D eigenvalue weighted by Crippen LogP contribution is 2.55. The summed E-state index contributed by atoms with van der Waals surface area (Å²) in [6.07, 6.45) is 3.17. The second-order valence-corrected chi connectivity index (χ2v) is 6.21. The van der Waals surface area contributed by atoms with Gasteiger partial charge in [-0.1, -0.05) is 0 Å². The van der Waals surface area contributed by atoms with E-state index in [0.29, 0.717) is 18.9 Å². The van der Waals surface area contributed by atoms with Gasteiger partial charge in [0.15, 0.2) is 5.78 Å². The molecule has 1 amide bonds. The average Bonchev–Trinajstić information content (AvgIpc) is 3.18. The molecule has 1 aliphatic heterocycles. The highest BCUT2D eigenvalue weighted by Gasteiger charge is 2.52. The lowest BCUT2D eigenvalue weighted by molar-refractivity contribution is -0.126. The van der Waals surface area contributed by atoms with Gasteiger partial charge in [-0.2, -0.15) is 0 Å². The van der Waals surface area contributed by atoms with Gasteiger partial charge in [0.25, 0.3) is 0 Å². The average molecular weight is 253 g/mol. The van der Waals surface area contributed by atoms with E-state index in [4.69, 9.17) is 9.84 Å². The summed E-state index contributed by atoms with van der Waals surface area (Å²) < 4.78 is 5.13. The number of hydrogen-bond acceptors (Lipinski definition) is 3. The van der Waals surface area contributed by atoms with Crippen LogP contribution in [0.4, 0.5) is 4.79 Å². The molecule has 5 atom stereocenters. The molecule has 0 aromatic heterocycles. The molecule has 3 aliphatic rings. The van der Waals surface area contributed by atoms with Crippen LogP contribution in [0.3, 0.4) is 0 Å². The van der Waals surface area contributed by atoms with Gasteiger partial charge in [-0.3, -0.25) is 4.79 Å². The van der Waals surface area contributed by atoms with Gasteiger partial charge < -0.3 is 15.2 Å². The monoisotopic (exact) mass is 253 g/mol. The van der Waals surface area contributed by atoms with Crippen LogP contribution in [0.15, 0.2) is 0 Å². The molecule has 1 saturated heterocycles. The fourth-order valence-electron chi connectivity index (χ4n) is 3.37. The Morgan fingerprint density at radius 2 is 2.00 bits per heavy atom. The fraction of sp³-hybridized carbons (Fsp3) is 0.846. The molecule has 100 valence electrons. The van der Waals surface area contributed by atoms with Gasteiger partial charge in [-0.25, -0.2) is 4.79 Å². The van der Waals surface area contributed by atoms with Crippen LogP contribution in [-0.2, 0) is 9.53 Å². The maximum atomic E-state index is 12.2. The molecule has 2 aliphatic carbocycles. The first-order chi connectivity index (χ1) is 8.48. The Morgan fingerprint density at radius 1 is 1.39 bits per heavy atom. The standard InChI is InChI=1S/C13H19NO4/c1-13(6-18-13)11(15)10(14-12(16)17)4-7-2-8-5-9(8)3-7/h7-10,14H,2-6H2,1H3,(H,16,17)/t7-,8+,9-,10-,13+/m0/s1. The molecule has 1 heterocycles. The van der Waals surface area contributed by atoms with Crippen molar-refractivity contribution in [1.82, 2.24) is 5.32 Å². The predicted octanol–water partition coefficient (Wildman–Crippen LogP) is 1.42. The van der Waals surface area contributed by atoms with E-state index in [9.17, 15) is 9.59 Å². The number of epoxide rings is 1. The number of carbonyl (C=O) groups excluding carboxylic acids is 1. The van der Waals surface area contributed by atoms with Gasteiger partial charge in [-0.15, -0.1) is 0 Å². The summed E-state index contributed by atoms with van der Waals surface area (Å²) in [4.78, 5) is 23.0. The Labute approximate surface area is 106 Å². The van der Waals surface area contributed by atoms with Crippen molar-refractivity contribution in [3.8, 4) is 0 Å². The Kier molecular flexibility index (Phi) is 2.62. The Bertz CT molecular complexity index is 380. The van der Waals surface area contributed by atoms with Gasteiger partial charge in [0.2, 0.25) is 0 Å². The molecule has 0 bridgehead atoms. The molecule has 3 rings (SSSR count). The van der Waals surface area contributed by atoms with Crippen LogP contribution in [0.25, 0.3) is 0 Å². The van der Waals surface area contributed by atoms with E-state index in [1.807, 2.05) is 0 Å². The minimum absolute atomic E-state index is 0.106. The van der Waals surface area contributed by atoms with Crippen LogP contribution in [-0.4, -0.2) is 35.2 Å². The molecule has 3 fully saturated rings. The second kappa shape index (κ2) is 3.95. The van der Waals surface area contributed by atoms with Crippen LogP contribution in [0.5, 0.6) is 0 Å². The number of Topliss-reactive ketones (excluding diaryl/α,β-unsaturated/α-hetero) is 1. The van der Waals surface area contributed by atoms with Crippen molar-refractivity contribution >= 4 is 11.9 Å². The molecular weight excluding hydrogens is 234 g/mol. The molecule has 0 aromatic rings. The molecule has 2 N–H and O–H groups in total. The lowest BCUT2D eigenvalue weighted by Gasteiger charge is -2.21. The minimum Gasteiger partial charge on any atom is -0.465 e. The number of hydrogen-bond donors (Lipinski definition) is 2. The lowest BCUT2D eigenvalue weighted by atomic mass is 9.89. The summed E-state index contributed by atoms with van der Waals surface area (Å²) in [5, 5.41) is 11.2. The van der Waals surface area contributed by atoms with Crippen LogP contribution < -0.4 is 5.32 Å². The van der Waals surface area contributed by atoms with Crippen LogP contribution in [0.1, 0.15) is 32.6 Å². The Hall–Kier alpha value is -1.10. The molecule has 2 saturated carbocycles. The van der Waals surface area contributed by atoms with Gasteiger partial charge in [0.05, 0.1) is 12.6 Å². The molecule has 18 heavy (non-hydrogen) atoms. The van der Waals surface area contributed by atoms with Crippen LogP contribution in [0.2, 0.25) is 0 Å². The third-order valence-electron chi connectivity index (χ3n) is 4.62. The summed E-state index contributed by atoms with van der Waals surface area (Å²) in [7, 11) is 0. The summed E-state index contributed by atoms with van der Waals surface area (Å²) in [6, 6.07) is -0.600. The zero-order chi connectivity index (χ0) is 12.9. The normalized spacial score (nSPS) is 41.9. The van der Waals surface area contributed by atoms with E-state index >= 15 is 0 Å². The van der Waals surface area contributed by atoms with E-state index in [1.54, 1.807) is 6.92 Å². The number of nitrogens with one attached hydrogen (secondary N) is 1. The predicted molar refractivity (Wildman–Crippen MR) is 63.3 cm³/mol. The van der Waals surface area contributed by atoms with Crippen molar-refractivity contribution in [2.75, 3.05) is 6.61 Å². The highest BCUT2D eigenvalue weighted by atomic mass is 16.6. The van der Waals surface area contributed by atoms with E-state index in [1.165, 1.54) is 6.42 Å². The third kappa shape index (κ3) is 2.23. The zero-order valence-corrected chi connectivity index (χ0v) is 10.5. The van der Waals surface area contributed by atoms with Crippen LogP contribution in [0, 0.1) is 17.8 Å². The van der Waals surface area contributed by atoms with Crippen molar-refractivity contribution in [1.29, 1.82) is 0 Å². The summed E-state index contributed by atoms with van der Waals surface area (Å²) >= 11 is 0. The topological polar surface area (TPSA) is 78.9 Å². The maximum absolute atomic E-state index is 12.2. The first-order valence-electron chi connectivity index (χ1n) is 6.65. The minimum atomic E-state index is -1.12. The molecule has 0 unspecified atom stereocenters. The number of amides is 1. The first kappa shape index (κ1) is 12.0. The van der Waals surface area contributed by atoms with Gasteiger partial charge in [0.1, 0.15) is 5.60 Å². The SMILES string of the molecule is C[C@]1(C(=O)[C@H](C[C@H]2C[C@@H]3C[C@@H]3C2)NC(=O)O)CO1. The van der Waals surface area contributed by atoms with Crippen molar-refractivity contribution in [2.24, 2.45) is 17.8 Å². The van der Waals surface area contributed by atoms with E-state index in [0.717, 1.165) is 24.7 Å². The third-order valence-corrected chi connectivity index (χ3v) is 4.62. The molecular formula is C13H19NO4. The fourth-order valence-corrected chi connectivity index (χ4v) is 3.37. The first-order valence-corrected chi connectivity index (χ1v) is 6.65. The number of fused-ring (bicyclic) bond motifs is 1. The quantitative estimate of drug-likeness (QED) is 0.726. The van der Waals surface area contributed by atoms with Gasteiger partial charge in [0, 0.05) is 0 Å². The van der Waals surface area contributed by atoms with Gasteiger partial charge in [-0.05, 0) is 50.4 Å². The van der Waals surface area contributed by atoms with Crippen LogP contribution >= 0.6 is 0 Å². The summed E-state index contributed by atoms with van der Waals surface area (Å²) in [5.41, 5.74) is -0.741. The number of ether oxygens (including phenoxy) is 1. The molecule has 0 aromatic carbocycles. The molecule has 5 nitrogen and oxygen atoms in total. The van der Waals surface area contributed by atoms with Gasteiger partial charge >= 0.3 is 6.09 Å². The van der Waals surface area contributed by atoms with E-state index in [-0.39, 0.29) is 5.78 Å². The Morgan fingerprint density at radius 3 is 2.50 bits per heavy atom. The van der Waals surface area contributed by atoms with Crippen molar-refractivity contribution in [3.05, 3.63) is 0 Å². The molecule has 5 heteroatoms. The van der Waals surface area contributed by atoms with E-state index < -0.39 is 17.7 Å².